The first-order valence-electron chi connectivity index (χ1n) is 5.83. The molecule has 0 fully saturated rings. The van der Waals surface area contributed by atoms with Crippen LogP contribution in [0.4, 0.5) is 11.4 Å². The largest absolute Gasteiger partial charge is 0.383 e. The van der Waals surface area contributed by atoms with Crippen molar-refractivity contribution in [3.05, 3.63) is 57.5 Å². The first-order chi connectivity index (χ1) is 9.13. The van der Waals surface area contributed by atoms with E-state index in [1.165, 1.54) is 0 Å². The lowest BCUT2D eigenvalue weighted by Crippen LogP contribution is -2.13. The molecular formula is C14H13Cl3N2. The monoisotopic (exact) mass is 314 g/mol. The molecule has 19 heavy (non-hydrogen) atoms. The van der Waals surface area contributed by atoms with Crippen LogP contribution < -0.4 is 10.6 Å². The maximum Gasteiger partial charge on any atom is 0.0441 e. The molecule has 2 aromatic rings. The zero-order valence-electron chi connectivity index (χ0n) is 10.1. The van der Waals surface area contributed by atoms with Gasteiger partial charge in [0, 0.05) is 39.5 Å². The Morgan fingerprint density at radius 1 is 0.684 bits per heavy atom. The van der Waals surface area contributed by atoms with Gasteiger partial charge >= 0.3 is 0 Å². The lowest BCUT2D eigenvalue weighted by molar-refractivity contribution is 1.08. The van der Waals surface area contributed by atoms with Crippen LogP contribution in [0.15, 0.2) is 42.5 Å². The molecule has 0 saturated carbocycles. The Morgan fingerprint density at radius 3 is 1.89 bits per heavy atom. The van der Waals surface area contributed by atoms with Crippen LogP contribution in [-0.4, -0.2) is 13.1 Å². The van der Waals surface area contributed by atoms with Gasteiger partial charge in [-0.25, -0.2) is 0 Å². The number of halogens is 3. The van der Waals surface area contributed by atoms with E-state index in [4.69, 9.17) is 34.8 Å². The zero-order chi connectivity index (χ0) is 13.7. The summed E-state index contributed by atoms with van der Waals surface area (Å²) in [6.45, 7) is 1.52. The van der Waals surface area contributed by atoms with Crippen molar-refractivity contribution in [1.29, 1.82) is 0 Å². The quantitative estimate of drug-likeness (QED) is 0.744. The van der Waals surface area contributed by atoms with E-state index in [0.717, 1.165) is 29.5 Å². The Hall–Kier alpha value is -1.09. The van der Waals surface area contributed by atoms with Gasteiger partial charge in [0.2, 0.25) is 0 Å². The molecule has 2 aromatic carbocycles. The second-order valence-corrected chi connectivity index (χ2v) is 5.33. The molecule has 0 aliphatic heterocycles. The third-order valence-corrected chi connectivity index (χ3v) is 3.14. The van der Waals surface area contributed by atoms with E-state index >= 15 is 0 Å². The van der Waals surface area contributed by atoms with Gasteiger partial charge in [-0.3, -0.25) is 0 Å². The van der Waals surface area contributed by atoms with Gasteiger partial charge in [0.25, 0.3) is 0 Å². The van der Waals surface area contributed by atoms with E-state index in [0.29, 0.717) is 10.0 Å². The Labute approximate surface area is 127 Å². The average Bonchev–Trinajstić information content (AvgIpc) is 2.34. The summed E-state index contributed by atoms with van der Waals surface area (Å²) in [5.74, 6) is 0. The van der Waals surface area contributed by atoms with Crippen molar-refractivity contribution in [3.8, 4) is 0 Å². The lowest BCUT2D eigenvalue weighted by atomic mass is 10.3. The molecule has 0 aromatic heterocycles. The number of nitrogens with one attached hydrogen (secondary N) is 2. The van der Waals surface area contributed by atoms with Crippen LogP contribution in [0.1, 0.15) is 0 Å². The molecule has 0 bridgehead atoms. The lowest BCUT2D eigenvalue weighted by Gasteiger charge is -2.09. The molecule has 0 atom stereocenters. The summed E-state index contributed by atoms with van der Waals surface area (Å²) in [7, 11) is 0. The maximum absolute atomic E-state index is 5.92. The SMILES string of the molecule is Clc1cccc(NCCNc2cc(Cl)cc(Cl)c2)c1. The fourth-order valence-electron chi connectivity index (χ4n) is 1.67. The van der Waals surface area contributed by atoms with Crippen molar-refractivity contribution in [1.82, 2.24) is 0 Å². The zero-order valence-corrected chi connectivity index (χ0v) is 12.4. The van der Waals surface area contributed by atoms with E-state index in [-0.39, 0.29) is 0 Å². The average molecular weight is 316 g/mol. The van der Waals surface area contributed by atoms with Gasteiger partial charge < -0.3 is 10.6 Å². The molecule has 0 spiro atoms. The Balaban J connectivity index is 1.80. The van der Waals surface area contributed by atoms with Crippen LogP contribution in [0.3, 0.4) is 0 Å². The number of benzene rings is 2. The van der Waals surface area contributed by atoms with Crippen molar-refractivity contribution >= 4 is 46.2 Å². The van der Waals surface area contributed by atoms with Crippen molar-refractivity contribution in [3.63, 3.8) is 0 Å². The van der Waals surface area contributed by atoms with Gasteiger partial charge in [0.05, 0.1) is 0 Å². The van der Waals surface area contributed by atoms with Crippen molar-refractivity contribution in [2.24, 2.45) is 0 Å². The van der Waals surface area contributed by atoms with Gasteiger partial charge in [-0.2, -0.15) is 0 Å². The van der Waals surface area contributed by atoms with Gasteiger partial charge in [-0.15, -0.1) is 0 Å². The second kappa shape index (κ2) is 6.90. The highest BCUT2D eigenvalue weighted by Gasteiger charge is 1.98. The summed E-state index contributed by atoms with van der Waals surface area (Å²) in [5, 5.41) is 8.49. The minimum atomic E-state index is 0.623. The molecule has 0 aliphatic carbocycles. The normalized spacial score (nSPS) is 10.3. The minimum absolute atomic E-state index is 0.623. The Kier molecular flexibility index (Phi) is 5.20. The summed E-state index contributed by atoms with van der Waals surface area (Å²) in [6, 6.07) is 13.0. The molecule has 2 nitrogen and oxygen atoms in total. The Bertz CT molecular complexity index is 538. The van der Waals surface area contributed by atoms with Crippen LogP contribution in [0.25, 0.3) is 0 Å². The number of anilines is 2. The van der Waals surface area contributed by atoms with Crippen molar-refractivity contribution in [2.45, 2.75) is 0 Å². The molecule has 0 radical (unpaired) electrons. The minimum Gasteiger partial charge on any atom is -0.383 e. The smallest absolute Gasteiger partial charge is 0.0441 e. The molecule has 2 N–H and O–H groups in total. The highest BCUT2D eigenvalue weighted by molar-refractivity contribution is 6.35. The van der Waals surface area contributed by atoms with Crippen LogP contribution in [0.5, 0.6) is 0 Å². The fourth-order valence-corrected chi connectivity index (χ4v) is 2.38. The summed E-state index contributed by atoms with van der Waals surface area (Å²) >= 11 is 17.7. The topological polar surface area (TPSA) is 24.1 Å². The molecule has 2 rings (SSSR count). The van der Waals surface area contributed by atoms with E-state index in [1.807, 2.05) is 36.4 Å². The third kappa shape index (κ3) is 4.83. The first-order valence-corrected chi connectivity index (χ1v) is 6.96. The standard InChI is InChI=1S/C14H13Cl3N2/c15-10-2-1-3-13(7-10)18-4-5-19-14-8-11(16)6-12(17)9-14/h1-3,6-9,18-19H,4-5H2. The molecule has 0 saturated heterocycles. The predicted molar refractivity (Wildman–Crippen MR) is 84.9 cm³/mol. The molecule has 0 heterocycles. The summed E-state index contributed by atoms with van der Waals surface area (Å²) in [5.41, 5.74) is 1.91. The summed E-state index contributed by atoms with van der Waals surface area (Å²) < 4.78 is 0. The molecule has 0 aliphatic rings. The summed E-state index contributed by atoms with van der Waals surface area (Å²) in [6.07, 6.45) is 0. The van der Waals surface area contributed by atoms with Crippen LogP contribution in [-0.2, 0) is 0 Å². The van der Waals surface area contributed by atoms with E-state index in [1.54, 1.807) is 6.07 Å². The molecule has 100 valence electrons. The van der Waals surface area contributed by atoms with E-state index in [2.05, 4.69) is 10.6 Å². The van der Waals surface area contributed by atoms with Gasteiger partial charge in [0.15, 0.2) is 0 Å². The third-order valence-electron chi connectivity index (χ3n) is 2.47. The van der Waals surface area contributed by atoms with E-state index < -0.39 is 0 Å². The molecule has 5 heteroatoms. The number of hydrogen-bond donors (Lipinski definition) is 2. The van der Waals surface area contributed by atoms with Gasteiger partial charge in [0.1, 0.15) is 0 Å². The van der Waals surface area contributed by atoms with Crippen LogP contribution in [0.2, 0.25) is 15.1 Å². The van der Waals surface area contributed by atoms with Gasteiger partial charge in [-0.1, -0.05) is 40.9 Å². The molecular weight excluding hydrogens is 303 g/mol. The van der Waals surface area contributed by atoms with Crippen molar-refractivity contribution < 1.29 is 0 Å². The van der Waals surface area contributed by atoms with Crippen LogP contribution >= 0.6 is 34.8 Å². The summed E-state index contributed by atoms with van der Waals surface area (Å²) in [4.78, 5) is 0. The maximum atomic E-state index is 5.92. The second-order valence-electron chi connectivity index (χ2n) is 4.02. The van der Waals surface area contributed by atoms with E-state index in [9.17, 15) is 0 Å². The van der Waals surface area contributed by atoms with Crippen molar-refractivity contribution in [2.75, 3.05) is 23.7 Å². The Morgan fingerprint density at radius 2 is 1.26 bits per heavy atom. The van der Waals surface area contributed by atoms with Crippen LogP contribution in [0, 0.1) is 0 Å². The highest BCUT2D eigenvalue weighted by atomic mass is 35.5. The predicted octanol–water partition coefficient (Wildman–Crippen LogP) is 5.17. The molecule has 0 amide bonds. The number of rotatable bonds is 5. The molecule has 0 unspecified atom stereocenters. The highest BCUT2D eigenvalue weighted by Crippen LogP contribution is 2.22. The fraction of sp³-hybridized carbons (Fsp3) is 0.143. The first kappa shape index (κ1) is 14.3. The number of hydrogen-bond acceptors (Lipinski definition) is 2. The van der Waals surface area contributed by atoms with Gasteiger partial charge in [-0.05, 0) is 36.4 Å².